The van der Waals surface area contributed by atoms with E-state index in [4.69, 9.17) is 29.4 Å². The summed E-state index contributed by atoms with van der Waals surface area (Å²) in [7, 11) is -17.4. The molecule has 0 saturated heterocycles. The Morgan fingerprint density at radius 2 is 0.841 bits per heavy atom. The lowest BCUT2D eigenvalue weighted by molar-refractivity contribution is -0.138. The first-order chi connectivity index (χ1) is 19.9. The molecule has 0 rings (SSSR count). The van der Waals surface area contributed by atoms with Crippen molar-refractivity contribution in [3.8, 4) is 0 Å². The van der Waals surface area contributed by atoms with Gasteiger partial charge in [-0.05, 0) is 141 Å². The van der Waals surface area contributed by atoms with Crippen LogP contribution in [-0.4, -0.2) is 100 Å². The average Bonchev–Trinajstić information content (AvgIpc) is 2.82. The van der Waals surface area contributed by atoms with E-state index in [1.807, 2.05) is 0 Å². The summed E-state index contributed by atoms with van der Waals surface area (Å²) < 4.78 is 46.7. The van der Waals surface area contributed by atoms with Crippen LogP contribution in [0, 0.1) is 0 Å². The Kier molecular flexibility index (Phi) is 21.1. The lowest BCUT2D eigenvalue weighted by Crippen LogP contribution is -2.65. The normalized spacial score (nSPS) is 16.7. The highest BCUT2D eigenvalue weighted by molar-refractivity contribution is 6.91. The third-order valence-corrected chi connectivity index (χ3v) is 39.5. The molecule has 0 aliphatic rings. The molecule has 3 atom stereocenters. The monoisotopic (exact) mass is 790 g/mol. The van der Waals surface area contributed by atoms with Crippen LogP contribution in [0.15, 0.2) is 12.2 Å². The molecule has 3 unspecified atom stereocenters. The molecular weight excluding hydrogens is 721 g/mol. The van der Waals surface area contributed by atoms with Crippen molar-refractivity contribution in [2.24, 2.45) is 0 Å². The van der Waals surface area contributed by atoms with Crippen LogP contribution in [0.1, 0.15) is 6.92 Å². The number of carbonyl (C=O) groups is 1. The smallest absolute Gasteiger partial charge is 0.461 e. The zero-order valence-corrected chi connectivity index (χ0v) is 42.3. The Hall–Kier alpha value is 1.14. The second-order valence-corrected chi connectivity index (χ2v) is 47.5. The van der Waals surface area contributed by atoms with Gasteiger partial charge in [0, 0.05) is 5.57 Å². The van der Waals surface area contributed by atoms with Gasteiger partial charge in [-0.1, -0.05) is 6.58 Å². The minimum atomic E-state index is -3.47. The zero-order valence-electron chi connectivity index (χ0n) is 31.4. The van der Waals surface area contributed by atoms with Gasteiger partial charge in [0.2, 0.25) is 0 Å². The summed E-state index contributed by atoms with van der Waals surface area (Å²) in [5.41, 5.74) is 0.372. The molecule has 0 N–H and O–H groups in total. The van der Waals surface area contributed by atoms with Crippen LogP contribution in [-0.2, 0) is 34.2 Å². The molecule has 8 nitrogen and oxygen atoms in total. The molecule has 0 fully saturated rings. The van der Waals surface area contributed by atoms with Gasteiger partial charge in [0.1, 0.15) is 0 Å². The molecule has 0 radical (unpaired) electrons. The van der Waals surface area contributed by atoms with Crippen LogP contribution >= 0.6 is 0 Å². The molecule has 0 amide bonds. The number of esters is 1. The molecule has 0 saturated carbocycles. The highest BCUT2D eigenvalue weighted by atomic mass is 28.5. The summed E-state index contributed by atoms with van der Waals surface area (Å²) in [4.78, 5) is 12.8. The molecule has 0 aromatic rings. The van der Waals surface area contributed by atoms with Crippen LogP contribution in [0.4, 0.5) is 0 Å². The van der Waals surface area contributed by atoms with Gasteiger partial charge in [-0.25, -0.2) is 4.79 Å². The number of rotatable bonds is 24. The first kappa shape index (κ1) is 45.1. The van der Waals surface area contributed by atoms with Crippen molar-refractivity contribution >= 4 is 94.0 Å². The van der Waals surface area contributed by atoms with Crippen molar-refractivity contribution in [3.05, 3.63) is 12.2 Å². The van der Waals surface area contributed by atoms with E-state index < -0.39 is 94.0 Å². The summed E-state index contributed by atoms with van der Waals surface area (Å²) in [5.74, 6) is -0.417. The van der Waals surface area contributed by atoms with Gasteiger partial charge in [-0.3, -0.25) is 0 Å². The molecule has 0 aromatic carbocycles. The minimum Gasteiger partial charge on any atom is -0.461 e. The third kappa shape index (κ3) is 21.9. The Bertz CT molecular complexity index is 777. The Balaban J connectivity index is 6.46. The molecule has 44 heavy (non-hydrogen) atoms. The van der Waals surface area contributed by atoms with E-state index in [9.17, 15) is 4.79 Å². The van der Waals surface area contributed by atoms with E-state index in [-0.39, 0.29) is 6.23 Å². The fraction of sp³-hybridized carbons (Fsp3) is 0.885. The number of hydrogen-bond donors (Lipinski definition) is 0. The van der Waals surface area contributed by atoms with Gasteiger partial charge < -0.3 is 29.4 Å². The van der Waals surface area contributed by atoms with Crippen molar-refractivity contribution in [2.75, 3.05) is 6.23 Å². The van der Waals surface area contributed by atoms with Crippen LogP contribution in [0.2, 0.25) is 134 Å². The van der Waals surface area contributed by atoms with Gasteiger partial charge in [0.05, 0.1) is 0 Å². The van der Waals surface area contributed by atoms with Crippen molar-refractivity contribution in [1.82, 2.24) is 0 Å². The number of hydrogen-bond acceptors (Lipinski definition) is 8. The Labute approximate surface area is 286 Å². The van der Waals surface area contributed by atoms with Crippen molar-refractivity contribution < 1.29 is 34.2 Å². The molecule has 0 spiro atoms. The lowest BCUT2D eigenvalue weighted by Gasteiger charge is -2.44. The molecule has 18 heteroatoms. The molecule has 0 aromatic heterocycles. The predicted octanol–water partition coefficient (Wildman–Crippen LogP) is 6.31. The first-order valence-electron chi connectivity index (χ1n) is 16.8. The third-order valence-electron chi connectivity index (χ3n) is 7.00. The molecule has 0 aliphatic carbocycles. The molecule has 0 bridgehead atoms. The maximum atomic E-state index is 12.8. The van der Waals surface area contributed by atoms with Gasteiger partial charge in [-0.15, -0.1) is 0 Å². The van der Waals surface area contributed by atoms with Crippen LogP contribution in [0.5, 0.6) is 0 Å². The SMILES string of the molecule is C=C(C)C(=O)OC[Si](O[Si](C)(C)CC[SiH](C)O[SiH](C)C)(O[Si](C)(C)CC[SiH](C)O[SiH](C)C)O[Si](C)(C)CC[SiH](C)O[SiH](C)C. The summed E-state index contributed by atoms with van der Waals surface area (Å²) in [6.07, 6.45) is 0.0369. The Morgan fingerprint density at radius 1 is 0.568 bits per heavy atom. The van der Waals surface area contributed by atoms with E-state index in [0.29, 0.717) is 5.57 Å². The van der Waals surface area contributed by atoms with Gasteiger partial charge in [0.25, 0.3) is 0 Å². The van der Waals surface area contributed by atoms with E-state index >= 15 is 0 Å². The van der Waals surface area contributed by atoms with E-state index in [1.165, 1.54) is 0 Å². The molecule has 0 aliphatic heterocycles. The highest BCUT2D eigenvalue weighted by Crippen LogP contribution is 2.32. The highest BCUT2D eigenvalue weighted by Gasteiger charge is 2.54. The topological polar surface area (TPSA) is 81.7 Å². The minimum absolute atomic E-state index is 0.0369. The standard InChI is InChI=1S/C26H70O8Si10/c1-25(2)26(27)28-24-44(32-41(12,13)21-18-38(9)29-35(3)4,33-42(14,15)22-19-39(10)30-36(5)6)34-43(16,17)23-20-40(11)31-37(7)8/h35-40H,1,18-24H2,2-17H3. The zero-order chi connectivity index (χ0) is 34.5. The summed E-state index contributed by atoms with van der Waals surface area (Å²) in [6, 6.07) is 6.16. The second-order valence-electron chi connectivity index (χ2n) is 15.2. The van der Waals surface area contributed by atoms with E-state index in [1.54, 1.807) is 6.92 Å². The quantitative estimate of drug-likeness (QED) is 0.0640. The van der Waals surface area contributed by atoms with E-state index in [0.717, 1.165) is 36.3 Å². The average molecular weight is 792 g/mol. The summed E-state index contributed by atoms with van der Waals surface area (Å²) in [5, 5.41) is 0. The van der Waals surface area contributed by atoms with Crippen LogP contribution < -0.4 is 0 Å². The van der Waals surface area contributed by atoms with Crippen molar-refractivity contribution in [2.45, 2.75) is 141 Å². The number of ether oxygens (including phenoxy) is 1. The van der Waals surface area contributed by atoms with Gasteiger partial charge in [0.15, 0.2) is 85.4 Å². The largest absolute Gasteiger partial charge is 0.509 e. The van der Waals surface area contributed by atoms with Crippen molar-refractivity contribution in [3.63, 3.8) is 0 Å². The van der Waals surface area contributed by atoms with Gasteiger partial charge >= 0.3 is 14.8 Å². The molecular formula is C26H70O8Si10. The lowest BCUT2D eigenvalue weighted by atomic mass is 10.4. The number of carbonyl (C=O) groups excluding carboxylic acids is 1. The van der Waals surface area contributed by atoms with Crippen molar-refractivity contribution in [1.29, 1.82) is 0 Å². The van der Waals surface area contributed by atoms with Crippen LogP contribution in [0.25, 0.3) is 0 Å². The molecule has 262 valence electrons. The maximum Gasteiger partial charge on any atom is 0.509 e. The van der Waals surface area contributed by atoms with Crippen LogP contribution in [0.3, 0.4) is 0 Å². The first-order valence-corrected chi connectivity index (χ1v) is 43.7. The second kappa shape index (κ2) is 20.6. The maximum absolute atomic E-state index is 12.8. The Morgan fingerprint density at radius 3 is 1.07 bits per heavy atom. The summed E-state index contributed by atoms with van der Waals surface area (Å²) >= 11 is 0. The fourth-order valence-corrected chi connectivity index (χ4v) is 45.1. The summed E-state index contributed by atoms with van der Waals surface area (Å²) in [6.45, 7) is 39.5. The predicted molar refractivity (Wildman–Crippen MR) is 215 cm³/mol. The van der Waals surface area contributed by atoms with Gasteiger partial charge in [-0.2, -0.15) is 0 Å². The fourth-order valence-electron chi connectivity index (χ4n) is 5.09. The molecule has 0 heterocycles. The van der Waals surface area contributed by atoms with E-state index in [2.05, 4.69) is 105 Å².